The summed E-state index contributed by atoms with van der Waals surface area (Å²) in [7, 11) is 0. The first-order chi connectivity index (χ1) is 13.3. The average Bonchev–Trinajstić information content (AvgIpc) is 3.23. The van der Waals surface area contributed by atoms with E-state index in [1.807, 2.05) is 6.07 Å². The lowest BCUT2D eigenvalue weighted by molar-refractivity contribution is 0.140. The molecule has 4 nitrogen and oxygen atoms in total. The molecule has 2 aromatic carbocycles. The molecule has 0 saturated carbocycles. The van der Waals surface area contributed by atoms with Crippen LogP contribution >= 0.6 is 35.1 Å². The van der Waals surface area contributed by atoms with Crippen LogP contribution in [0.4, 0.5) is 5.13 Å². The van der Waals surface area contributed by atoms with Crippen molar-refractivity contribution in [2.24, 2.45) is 0 Å². The molecule has 1 aliphatic heterocycles. The van der Waals surface area contributed by atoms with Crippen LogP contribution in [0.2, 0.25) is 5.02 Å². The van der Waals surface area contributed by atoms with Crippen LogP contribution < -0.4 is 4.72 Å². The van der Waals surface area contributed by atoms with Crippen molar-refractivity contribution in [2.45, 2.75) is 36.7 Å². The van der Waals surface area contributed by atoms with E-state index in [0.717, 1.165) is 28.1 Å². The van der Waals surface area contributed by atoms with E-state index < -0.39 is 0 Å². The molecule has 1 saturated heterocycles. The number of nitrogens with zero attached hydrogens (tertiary/aromatic N) is 3. The molecule has 0 spiro atoms. The van der Waals surface area contributed by atoms with E-state index >= 15 is 0 Å². The molecular formula is C20H21ClN4S2. The van der Waals surface area contributed by atoms with Crippen LogP contribution in [0, 0.1) is 0 Å². The van der Waals surface area contributed by atoms with Crippen molar-refractivity contribution in [3.8, 4) is 0 Å². The lowest BCUT2D eigenvalue weighted by Gasteiger charge is -2.36. The second-order valence-corrected chi connectivity index (χ2v) is 8.66. The van der Waals surface area contributed by atoms with Gasteiger partial charge in [-0.25, -0.2) is 4.98 Å². The number of anilines is 1. The summed E-state index contributed by atoms with van der Waals surface area (Å²) in [6.45, 7) is 2.00. The highest BCUT2D eigenvalue weighted by atomic mass is 35.5. The number of benzene rings is 2. The molecule has 27 heavy (non-hydrogen) atoms. The summed E-state index contributed by atoms with van der Waals surface area (Å²) in [5.41, 5.74) is 2.58. The zero-order chi connectivity index (χ0) is 18.5. The molecule has 4 rings (SSSR count). The first-order valence-electron chi connectivity index (χ1n) is 9.06. The molecule has 7 heteroatoms. The van der Waals surface area contributed by atoms with Crippen LogP contribution in [0.1, 0.15) is 36.4 Å². The summed E-state index contributed by atoms with van der Waals surface area (Å²) in [6, 6.07) is 17.6. The van der Waals surface area contributed by atoms with Gasteiger partial charge in [0.25, 0.3) is 0 Å². The third-order valence-electron chi connectivity index (χ3n) is 4.81. The molecule has 0 bridgehead atoms. The van der Waals surface area contributed by atoms with E-state index in [9.17, 15) is 0 Å². The molecule has 140 valence electrons. The highest BCUT2D eigenvalue weighted by Crippen LogP contribution is 2.34. The molecule has 1 fully saturated rings. The maximum absolute atomic E-state index is 6.61. The van der Waals surface area contributed by atoms with Crippen molar-refractivity contribution in [1.29, 1.82) is 0 Å². The van der Waals surface area contributed by atoms with Crippen LogP contribution in [0.25, 0.3) is 0 Å². The third-order valence-corrected chi connectivity index (χ3v) is 6.66. The van der Waals surface area contributed by atoms with Gasteiger partial charge >= 0.3 is 0 Å². The quantitative estimate of drug-likeness (QED) is 0.496. The van der Waals surface area contributed by atoms with Crippen molar-refractivity contribution >= 4 is 40.2 Å². The first kappa shape index (κ1) is 18.7. The van der Waals surface area contributed by atoms with Gasteiger partial charge in [-0.2, -0.15) is 4.37 Å². The summed E-state index contributed by atoms with van der Waals surface area (Å²) in [5, 5.41) is 1.61. The Kier molecular flexibility index (Phi) is 6.29. The number of likely N-dealkylation sites (tertiary alicyclic amines) is 1. The SMILES string of the molecule is Clc1cc(SNc2ncns2)ccc1CN1CCCCC1c1ccccc1. The third kappa shape index (κ3) is 4.82. The van der Waals surface area contributed by atoms with Crippen LogP contribution in [0.3, 0.4) is 0 Å². The lowest BCUT2D eigenvalue weighted by Crippen LogP contribution is -2.33. The number of hydrogen-bond donors (Lipinski definition) is 1. The average molecular weight is 417 g/mol. The summed E-state index contributed by atoms with van der Waals surface area (Å²) in [4.78, 5) is 7.75. The zero-order valence-corrected chi connectivity index (χ0v) is 17.2. The van der Waals surface area contributed by atoms with E-state index in [2.05, 4.69) is 61.4 Å². The van der Waals surface area contributed by atoms with E-state index in [4.69, 9.17) is 11.6 Å². The largest absolute Gasteiger partial charge is 0.300 e. The van der Waals surface area contributed by atoms with Gasteiger partial charge in [0.05, 0.1) is 0 Å². The van der Waals surface area contributed by atoms with Gasteiger partial charge in [-0.05, 0) is 54.6 Å². The van der Waals surface area contributed by atoms with Crippen LogP contribution in [0.15, 0.2) is 59.8 Å². The van der Waals surface area contributed by atoms with Gasteiger partial charge in [-0.1, -0.05) is 54.4 Å². The Morgan fingerprint density at radius 3 is 2.85 bits per heavy atom. The Bertz CT molecular complexity index is 858. The van der Waals surface area contributed by atoms with Crippen molar-refractivity contribution in [3.63, 3.8) is 0 Å². The Hall–Kier alpha value is -1.60. The van der Waals surface area contributed by atoms with Gasteiger partial charge < -0.3 is 4.72 Å². The van der Waals surface area contributed by atoms with Crippen molar-refractivity contribution in [3.05, 3.63) is 71.0 Å². The maximum atomic E-state index is 6.61. The number of aromatic nitrogens is 2. The van der Waals surface area contributed by atoms with Crippen molar-refractivity contribution < 1.29 is 0 Å². The topological polar surface area (TPSA) is 41.1 Å². The zero-order valence-electron chi connectivity index (χ0n) is 14.8. The Morgan fingerprint density at radius 2 is 2.07 bits per heavy atom. The standard InChI is InChI=1S/C20H21ClN4S2/c21-18-12-17(26-24-20-22-14-23-27-20)10-9-16(18)13-25-11-5-4-8-19(25)15-6-2-1-3-7-15/h1-3,6-7,9-10,12,14,19H,4-5,8,11,13H2,(H,22,23,24). The van der Waals surface area contributed by atoms with Gasteiger partial charge in [0.15, 0.2) is 0 Å². The van der Waals surface area contributed by atoms with Gasteiger partial charge in [-0.15, -0.1) is 0 Å². The predicted molar refractivity (Wildman–Crippen MR) is 114 cm³/mol. The summed E-state index contributed by atoms with van der Waals surface area (Å²) in [5.74, 6) is 0. The monoisotopic (exact) mass is 416 g/mol. The van der Waals surface area contributed by atoms with Crippen molar-refractivity contribution in [2.75, 3.05) is 11.3 Å². The molecule has 0 aliphatic carbocycles. The van der Waals surface area contributed by atoms with Gasteiger partial charge in [0.1, 0.15) is 6.33 Å². The fraction of sp³-hybridized carbons (Fsp3) is 0.300. The molecular weight excluding hydrogens is 396 g/mol. The maximum Gasteiger partial charge on any atom is 0.212 e. The Morgan fingerprint density at radius 1 is 1.19 bits per heavy atom. The molecule has 0 amide bonds. The van der Waals surface area contributed by atoms with Crippen LogP contribution in [0.5, 0.6) is 0 Å². The number of hydrogen-bond acceptors (Lipinski definition) is 6. The van der Waals surface area contributed by atoms with Gasteiger partial charge in [-0.3, -0.25) is 4.90 Å². The second-order valence-electron chi connectivity index (χ2n) is 6.60. The molecule has 1 aliphatic rings. The fourth-order valence-electron chi connectivity index (χ4n) is 3.49. The number of nitrogens with one attached hydrogen (secondary N) is 1. The van der Waals surface area contributed by atoms with E-state index in [1.165, 1.54) is 53.9 Å². The van der Waals surface area contributed by atoms with Gasteiger partial charge in [0, 0.05) is 34.0 Å². The number of piperidine rings is 1. The fourth-order valence-corrected chi connectivity index (χ4v) is 4.93. The highest BCUT2D eigenvalue weighted by Gasteiger charge is 2.24. The number of rotatable bonds is 6. The van der Waals surface area contributed by atoms with E-state index in [0.29, 0.717) is 6.04 Å². The van der Waals surface area contributed by atoms with Crippen molar-refractivity contribution in [1.82, 2.24) is 14.3 Å². The molecule has 3 aromatic rings. The number of halogens is 1. The molecule has 0 radical (unpaired) electrons. The minimum Gasteiger partial charge on any atom is -0.300 e. The molecule has 1 unspecified atom stereocenters. The van der Waals surface area contributed by atoms with E-state index in [1.54, 1.807) is 6.33 Å². The first-order valence-corrected chi connectivity index (χ1v) is 11.0. The smallest absolute Gasteiger partial charge is 0.212 e. The molecule has 1 N–H and O–H groups in total. The summed E-state index contributed by atoms with van der Waals surface area (Å²) >= 11 is 9.45. The normalized spacial score (nSPS) is 17.7. The van der Waals surface area contributed by atoms with E-state index in [-0.39, 0.29) is 0 Å². The predicted octanol–water partition coefficient (Wildman–Crippen LogP) is 6.04. The minimum atomic E-state index is 0.476. The highest BCUT2D eigenvalue weighted by molar-refractivity contribution is 8.00. The Labute approximate surface area is 173 Å². The van der Waals surface area contributed by atoms with Gasteiger partial charge in [0.2, 0.25) is 5.13 Å². The lowest BCUT2D eigenvalue weighted by atomic mass is 9.94. The minimum absolute atomic E-state index is 0.476. The molecule has 1 aromatic heterocycles. The molecule has 1 atom stereocenters. The van der Waals surface area contributed by atoms with Crippen LogP contribution in [-0.4, -0.2) is 20.8 Å². The molecule has 2 heterocycles. The second kappa shape index (κ2) is 9.06. The summed E-state index contributed by atoms with van der Waals surface area (Å²) in [6.07, 6.45) is 5.30. The van der Waals surface area contributed by atoms with Crippen LogP contribution in [-0.2, 0) is 6.54 Å². The summed E-state index contributed by atoms with van der Waals surface area (Å²) < 4.78 is 7.18. The Balaban J connectivity index is 1.44.